The topological polar surface area (TPSA) is 61.3 Å². The van der Waals surface area contributed by atoms with Crippen LogP contribution in [0.1, 0.15) is 31.3 Å². The smallest absolute Gasteiger partial charge is 0.134 e. The first-order valence-corrected chi connectivity index (χ1v) is 9.64. The van der Waals surface area contributed by atoms with Crippen molar-refractivity contribution in [1.29, 1.82) is 0 Å². The molecule has 0 bridgehead atoms. The molecule has 7 heteroatoms. The first-order valence-electron chi connectivity index (χ1n) is 9.64. The van der Waals surface area contributed by atoms with Crippen LogP contribution in [0.5, 0.6) is 0 Å². The van der Waals surface area contributed by atoms with Gasteiger partial charge in [0.2, 0.25) is 0 Å². The summed E-state index contributed by atoms with van der Waals surface area (Å²) in [6.07, 6.45) is 5.14. The number of piperazine rings is 1. The van der Waals surface area contributed by atoms with Gasteiger partial charge in [-0.05, 0) is 26.2 Å². The third-order valence-electron chi connectivity index (χ3n) is 5.24. The second kappa shape index (κ2) is 7.43. The molecule has 0 amide bonds. The quantitative estimate of drug-likeness (QED) is 0.834. The van der Waals surface area contributed by atoms with E-state index in [-0.39, 0.29) is 0 Å². The van der Waals surface area contributed by atoms with Crippen LogP contribution in [-0.4, -0.2) is 59.2 Å². The molecule has 0 saturated carbocycles. The van der Waals surface area contributed by atoms with E-state index in [1.807, 2.05) is 6.92 Å². The summed E-state index contributed by atoms with van der Waals surface area (Å²) in [6.45, 7) is 10.1. The Labute approximate surface area is 155 Å². The predicted molar refractivity (Wildman–Crippen MR) is 104 cm³/mol. The number of hydrogen-bond acceptors (Lipinski definition) is 7. The minimum Gasteiger partial charge on any atom is -0.356 e. The molecule has 2 aliphatic heterocycles. The van der Waals surface area contributed by atoms with Gasteiger partial charge in [0.15, 0.2) is 0 Å². The number of nitrogens with zero attached hydrogens (tertiary/aromatic N) is 7. The van der Waals surface area contributed by atoms with Crippen LogP contribution in [0.4, 0.5) is 17.5 Å². The molecule has 26 heavy (non-hydrogen) atoms. The van der Waals surface area contributed by atoms with E-state index in [0.29, 0.717) is 0 Å². The van der Waals surface area contributed by atoms with E-state index in [2.05, 4.69) is 48.7 Å². The zero-order valence-electron chi connectivity index (χ0n) is 15.7. The van der Waals surface area contributed by atoms with Crippen LogP contribution in [0, 0.1) is 6.92 Å². The normalized spacial score (nSPS) is 17.8. The first kappa shape index (κ1) is 17.0. The lowest BCUT2D eigenvalue weighted by Crippen LogP contribution is -2.47. The Hall–Kier alpha value is -2.44. The zero-order chi connectivity index (χ0) is 17.9. The van der Waals surface area contributed by atoms with Crippen LogP contribution in [0.3, 0.4) is 0 Å². The van der Waals surface area contributed by atoms with E-state index >= 15 is 0 Å². The minimum atomic E-state index is 0.857. The third kappa shape index (κ3) is 3.57. The summed E-state index contributed by atoms with van der Waals surface area (Å²) < 4.78 is 0. The van der Waals surface area contributed by atoms with E-state index in [1.54, 1.807) is 6.33 Å². The largest absolute Gasteiger partial charge is 0.356 e. The van der Waals surface area contributed by atoms with Crippen molar-refractivity contribution in [2.45, 2.75) is 33.1 Å². The fourth-order valence-corrected chi connectivity index (χ4v) is 3.72. The molecule has 2 saturated heterocycles. The van der Waals surface area contributed by atoms with Gasteiger partial charge in [0.1, 0.15) is 29.6 Å². The number of aryl methyl sites for hydroxylation is 2. The molecule has 7 nitrogen and oxygen atoms in total. The summed E-state index contributed by atoms with van der Waals surface area (Å²) in [4.78, 5) is 25.2. The molecular formula is C19H27N7. The van der Waals surface area contributed by atoms with Crippen molar-refractivity contribution in [2.75, 3.05) is 54.0 Å². The van der Waals surface area contributed by atoms with Crippen molar-refractivity contribution in [1.82, 2.24) is 19.9 Å². The van der Waals surface area contributed by atoms with Crippen molar-refractivity contribution in [2.24, 2.45) is 0 Å². The van der Waals surface area contributed by atoms with Crippen LogP contribution in [0.15, 0.2) is 18.5 Å². The van der Waals surface area contributed by atoms with Crippen molar-refractivity contribution < 1.29 is 0 Å². The molecule has 4 heterocycles. The van der Waals surface area contributed by atoms with Gasteiger partial charge in [-0.2, -0.15) is 0 Å². The highest BCUT2D eigenvalue weighted by Crippen LogP contribution is 2.24. The molecule has 0 aromatic carbocycles. The second-order valence-electron chi connectivity index (χ2n) is 7.02. The molecule has 138 valence electrons. The van der Waals surface area contributed by atoms with Gasteiger partial charge < -0.3 is 14.7 Å². The van der Waals surface area contributed by atoms with E-state index < -0.39 is 0 Å². The molecule has 2 aliphatic rings. The lowest BCUT2D eigenvalue weighted by molar-refractivity contribution is 0.638. The lowest BCUT2D eigenvalue weighted by Gasteiger charge is -2.36. The number of anilines is 3. The maximum absolute atomic E-state index is 4.70. The van der Waals surface area contributed by atoms with Crippen molar-refractivity contribution in [3.8, 4) is 0 Å². The highest BCUT2D eigenvalue weighted by Gasteiger charge is 2.22. The molecular weight excluding hydrogens is 326 g/mol. The maximum atomic E-state index is 4.70. The summed E-state index contributed by atoms with van der Waals surface area (Å²) in [5.41, 5.74) is 1.10. The van der Waals surface area contributed by atoms with Gasteiger partial charge in [-0.25, -0.2) is 19.9 Å². The molecule has 0 spiro atoms. The van der Waals surface area contributed by atoms with Crippen molar-refractivity contribution in [3.05, 3.63) is 30.0 Å². The van der Waals surface area contributed by atoms with Gasteiger partial charge in [-0.3, -0.25) is 0 Å². The zero-order valence-corrected chi connectivity index (χ0v) is 15.7. The van der Waals surface area contributed by atoms with Crippen molar-refractivity contribution >= 4 is 17.5 Å². The Kier molecular flexibility index (Phi) is 4.86. The fraction of sp³-hybridized carbons (Fsp3) is 0.579. The van der Waals surface area contributed by atoms with Crippen LogP contribution in [0.2, 0.25) is 0 Å². The van der Waals surface area contributed by atoms with E-state index in [1.165, 1.54) is 12.8 Å². The van der Waals surface area contributed by atoms with Crippen LogP contribution in [0.25, 0.3) is 0 Å². The minimum absolute atomic E-state index is 0.857. The molecule has 2 fully saturated rings. The monoisotopic (exact) mass is 353 g/mol. The molecule has 4 rings (SSSR count). The fourth-order valence-electron chi connectivity index (χ4n) is 3.72. The Morgan fingerprint density at radius 2 is 1.35 bits per heavy atom. The molecule has 0 radical (unpaired) electrons. The molecule has 0 aliphatic carbocycles. The summed E-state index contributed by atoms with van der Waals surface area (Å²) >= 11 is 0. The Morgan fingerprint density at radius 1 is 0.769 bits per heavy atom. The first-order chi connectivity index (χ1) is 12.7. The number of hydrogen-bond donors (Lipinski definition) is 0. The van der Waals surface area contributed by atoms with Gasteiger partial charge in [0.05, 0.1) is 0 Å². The van der Waals surface area contributed by atoms with E-state index in [9.17, 15) is 0 Å². The Morgan fingerprint density at radius 3 is 1.96 bits per heavy atom. The standard InChI is InChI=1S/C19H27N7/c1-3-16-12-17(21-14-20-16)25-8-10-26(11-9-25)19-13-18(22-15(2)23-19)24-6-4-5-7-24/h12-14H,3-11H2,1-2H3. The maximum Gasteiger partial charge on any atom is 0.134 e. The SMILES string of the molecule is CCc1cc(N2CCN(c3cc(N4CCCC4)nc(C)n3)CC2)ncn1. The van der Waals surface area contributed by atoms with Gasteiger partial charge in [0, 0.05) is 57.1 Å². The van der Waals surface area contributed by atoms with Crippen LogP contribution < -0.4 is 14.7 Å². The van der Waals surface area contributed by atoms with Crippen LogP contribution >= 0.6 is 0 Å². The molecule has 0 N–H and O–H groups in total. The van der Waals surface area contributed by atoms with Crippen LogP contribution in [-0.2, 0) is 6.42 Å². The van der Waals surface area contributed by atoms with E-state index in [4.69, 9.17) is 4.98 Å². The Balaban J connectivity index is 1.46. The number of aromatic nitrogens is 4. The average Bonchev–Trinajstić information content (AvgIpc) is 3.23. The number of rotatable bonds is 4. The van der Waals surface area contributed by atoms with Gasteiger partial charge in [-0.1, -0.05) is 6.92 Å². The predicted octanol–water partition coefficient (Wildman–Crippen LogP) is 2.06. The molecule has 2 aromatic heterocycles. The molecule has 0 atom stereocenters. The summed E-state index contributed by atoms with van der Waals surface area (Å²) in [7, 11) is 0. The van der Waals surface area contributed by atoms with Crippen molar-refractivity contribution in [3.63, 3.8) is 0 Å². The average molecular weight is 353 g/mol. The second-order valence-corrected chi connectivity index (χ2v) is 7.02. The highest BCUT2D eigenvalue weighted by atomic mass is 15.3. The highest BCUT2D eigenvalue weighted by molar-refractivity contribution is 5.53. The third-order valence-corrected chi connectivity index (χ3v) is 5.24. The molecule has 2 aromatic rings. The van der Waals surface area contributed by atoms with Gasteiger partial charge in [-0.15, -0.1) is 0 Å². The van der Waals surface area contributed by atoms with E-state index in [0.717, 1.165) is 74.7 Å². The molecule has 0 unspecified atom stereocenters. The summed E-state index contributed by atoms with van der Waals surface area (Å²) in [6, 6.07) is 4.27. The summed E-state index contributed by atoms with van der Waals surface area (Å²) in [5, 5.41) is 0. The Bertz CT molecular complexity index is 749. The van der Waals surface area contributed by atoms with Gasteiger partial charge >= 0.3 is 0 Å². The van der Waals surface area contributed by atoms with Gasteiger partial charge in [0.25, 0.3) is 0 Å². The lowest BCUT2D eigenvalue weighted by atomic mass is 10.2. The summed E-state index contributed by atoms with van der Waals surface area (Å²) in [5.74, 6) is 4.02.